The number of anilines is 1. The molecule has 2 aliphatic rings. The molecule has 1 N–H and O–H groups in total. The number of hydrogen-bond acceptors (Lipinski definition) is 5. The summed E-state index contributed by atoms with van der Waals surface area (Å²) >= 11 is 1.85. The van der Waals surface area contributed by atoms with Crippen LogP contribution in [-0.4, -0.2) is 47.2 Å². The Morgan fingerprint density at radius 1 is 1.29 bits per heavy atom. The van der Waals surface area contributed by atoms with Crippen LogP contribution in [0.25, 0.3) is 11.0 Å². The van der Waals surface area contributed by atoms with E-state index in [0.717, 1.165) is 51.0 Å². The summed E-state index contributed by atoms with van der Waals surface area (Å²) in [5, 5.41) is 4.21. The molecule has 31 heavy (non-hydrogen) atoms. The molecule has 2 aromatic rings. The monoisotopic (exact) mass is 442 g/mol. The summed E-state index contributed by atoms with van der Waals surface area (Å²) in [4.78, 5) is 22.0. The summed E-state index contributed by atoms with van der Waals surface area (Å²) in [5.74, 6) is -3.25. The second-order valence-electron chi connectivity index (χ2n) is 9.02. The first-order valence-electron chi connectivity index (χ1n) is 10.8. The number of nitrogens with one attached hydrogen (secondary N) is 1. The Bertz CT molecular complexity index is 1020. The minimum Gasteiger partial charge on any atom is -0.357 e. The molecule has 2 saturated carbocycles. The van der Waals surface area contributed by atoms with Crippen LogP contribution >= 0.6 is 11.8 Å². The van der Waals surface area contributed by atoms with Crippen molar-refractivity contribution >= 4 is 44.4 Å². The third-order valence-electron chi connectivity index (χ3n) is 6.80. The predicted octanol–water partition coefficient (Wildman–Crippen LogP) is 3.95. The van der Waals surface area contributed by atoms with Crippen LogP contribution in [0.1, 0.15) is 63.5 Å². The van der Waals surface area contributed by atoms with Crippen molar-refractivity contribution in [3.63, 3.8) is 0 Å². The van der Waals surface area contributed by atoms with E-state index in [1.165, 1.54) is 10.8 Å². The maximum absolute atomic E-state index is 14.0. The number of pyridine rings is 1. The molecule has 2 aromatic heterocycles. The highest BCUT2D eigenvalue weighted by Gasteiger charge is 2.35. The Morgan fingerprint density at radius 2 is 2.00 bits per heavy atom. The Hall–Kier alpha value is -1.57. The highest BCUT2D eigenvalue weighted by Crippen LogP contribution is 2.37. The first kappa shape index (κ1) is 22.6. The van der Waals surface area contributed by atoms with Gasteiger partial charge in [-0.3, -0.25) is 9.36 Å². The van der Waals surface area contributed by atoms with Crippen LogP contribution in [0.5, 0.6) is 0 Å². The molecular formula is C21H26B2F2N4OS. The van der Waals surface area contributed by atoms with Crippen molar-refractivity contribution in [1.29, 1.82) is 0 Å². The van der Waals surface area contributed by atoms with Crippen molar-refractivity contribution in [2.24, 2.45) is 5.92 Å². The van der Waals surface area contributed by atoms with Crippen LogP contribution in [0.2, 0.25) is 0 Å². The van der Waals surface area contributed by atoms with Gasteiger partial charge in [-0.05, 0) is 56.8 Å². The smallest absolute Gasteiger partial charge is 0.260 e. The van der Waals surface area contributed by atoms with Gasteiger partial charge in [0, 0.05) is 28.3 Å². The zero-order chi connectivity index (χ0) is 22.4. The third kappa shape index (κ3) is 4.50. The number of alkyl halides is 2. The van der Waals surface area contributed by atoms with Gasteiger partial charge in [0.2, 0.25) is 11.8 Å². The largest absolute Gasteiger partial charge is 0.357 e. The molecule has 0 saturated heterocycles. The molecule has 162 valence electrons. The molecule has 0 aliphatic heterocycles. The molecule has 5 nitrogen and oxygen atoms in total. The fraction of sp³-hybridized carbons (Fsp3) is 0.667. The van der Waals surface area contributed by atoms with Crippen molar-refractivity contribution in [2.75, 3.05) is 11.6 Å². The molecule has 2 fully saturated rings. The zero-order valence-electron chi connectivity index (χ0n) is 17.9. The molecule has 10 heteroatoms. The number of thioether (sulfide) groups is 1. The molecule has 0 bridgehead atoms. The van der Waals surface area contributed by atoms with Crippen LogP contribution in [0.15, 0.2) is 17.1 Å². The summed E-state index contributed by atoms with van der Waals surface area (Å²) in [7, 11) is 11.6. The lowest BCUT2D eigenvalue weighted by Crippen LogP contribution is -2.43. The molecular weight excluding hydrogens is 416 g/mol. The second-order valence-corrected chi connectivity index (χ2v) is 10.2. The minimum atomic E-state index is -3.73. The van der Waals surface area contributed by atoms with Crippen molar-refractivity contribution in [2.45, 2.75) is 74.4 Å². The first-order valence-corrected chi connectivity index (χ1v) is 12.1. The number of nitrogens with zero attached hydrogens (tertiary/aromatic N) is 3. The van der Waals surface area contributed by atoms with Gasteiger partial charge in [0.1, 0.15) is 13.5 Å². The molecule has 0 amide bonds. The molecule has 2 aliphatic carbocycles. The second kappa shape index (κ2) is 8.41. The van der Waals surface area contributed by atoms with E-state index < -0.39 is 22.4 Å². The average molecular weight is 442 g/mol. The molecule has 2 unspecified atom stereocenters. The van der Waals surface area contributed by atoms with Crippen molar-refractivity contribution < 1.29 is 8.78 Å². The van der Waals surface area contributed by atoms with Gasteiger partial charge in [-0.2, -0.15) is 16.7 Å². The zero-order valence-corrected chi connectivity index (χ0v) is 18.7. The topological polar surface area (TPSA) is 59.8 Å². The van der Waals surface area contributed by atoms with E-state index in [4.69, 9.17) is 15.7 Å². The molecule has 0 aromatic carbocycles. The number of halogens is 2. The standard InChI is InChI=1S/C21H26B2F2N4OS/c1-12-4-3-5-16(12)29-17-13(10-15(18(29)30)21(23,24)25)11-26-19(27-17)28-20(22)8-6-14(31-2)7-9-20/h10-12,14,16H,3-9H2,1-2H3,(H,26,27,28). The predicted molar refractivity (Wildman–Crippen MR) is 123 cm³/mol. The molecule has 2 atom stereocenters. The average Bonchev–Trinajstić information content (AvgIpc) is 3.12. The SMILES string of the molecule is [B]C1(Nc2ncc3cc(C([B])(F)F)c(=O)n(C4CCCC4C)c3n2)CCC(SC)CC1. The van der Waals surface area contributed by atoms with Gasteiger partial charge in [0.25, 0.3) is 5.56 Å². The summed E-state index contributed by atoms with van der Waals surface area (Å²) < 4.78 is 29.4. The molecule has 4 rings (SSSR count). The quantitative estimate of drug-likeness (QED) is 0.711. The summed E-state index contributed by atoms with van der Waals surface area (Å²) in [6.45, 7) is 2.03. The summed E-state index contributed by atoms with van der Waals surface area (Å²) in [5.41, 5.74) is -1.80. The van der Waals surface area contributed by atoms with Crippen molar-refractivity contribution in [3.8, 4) is 0 Å². The fourth-order valence-electron chi connectivity index (χ4n) is 4.93. The van der Waals surface area contributed by atoms with Crippen LogP contribution in [0, 0.1) is 5.92 Å². The number of hydrogen-bond donors (Lipinski definition) is 1. The summed E-state index contributed by atoms with van der Waals surface area (Å²) in [6.07, 6.45) is 9.73. The van der Waals surface area contributed by atoms with Gasteiger partial charge in [0.15, 0.2) is 7.85 Å². The summed E-state index contributed by atoms with van der Waals surface area (Å²) in [6, 6.07) is 0.906. The first-order chi connectivity index (χ1) is 14.6. The van der Waals surface area contributed by atoms with E-state index in [9.17, 15) is 13.6 Å². The highest BCUT2D eigenvalue weighted by molar-refractivity contribution is 7.99. The number of aromatic nitrogens is 3. The van der Waals surface area contributed by atoms with E-state index in [0.29, 0.717) is 22.2 Å². The van der Waals surface area contributed by atoms with Gasteiger partial charge in [-0.25, -0.2) is 13.8 Å². The Kier molecular flexibility index (Phi) is 6.14. The van der Waals surface area contributed by atoms with E-state index in [1.54, 1.807) is 0 Å². The Balaban J connectivity index is 1.77. The van der Waals surface area contributed by atoms with Gasteiger partial charge in [-0.15, -0.1) is 0 Å². The number of rotatable bonds is 5. The normalized spacial score (nSPS) is 29.4. The van der Waals surface area contributed by atoms with Crippen molar-refractivity contribution in [3.05, 3.63) is 28.2 Å². The van der Waals surface area contributed by atoms with Crippen LogP contribution in [-0.2, 0) is 5.82 Å². The maximum Gasteiger partial charge on any atom is 0.260 e. The van der Waals surface area contributed by atoms with Gasteiger partial charge < -0.3 is 5.32 Å². The third-order valence-corrected chi connectivity index (χ3v) is 7.94. The number of fused-ring (bicyclic) bond motifs is 1. The Morgan fingerprint density at radius 3 is 2.58 bits per heavy atom. The van der Waals surface area contributed by atoms with E-state index >= 15 is 0 Å². The van der Waals surface area contributed by atoms with Gasteiger partial charge in [-0.1, -0.05) is 13.3 Å². The van der Waals surface area contributed by atoms with E-state index in [-0.39, 0.29) is 12.0 Å². The highest BCUT2D eigenvalue weighted by atomic mass is 32.2. The van der Waals surface area contributed by atoms with Gasteiger partial charge >= 0.3 is 0 Å². The maximum atomic E-state index is 14.0. The lowest BCUT2D eigenvalue weighted by Gasteiger charge is -2.38. The van der Waals surface area contributed by atoms with Gasteiger partial charge in [0.05, 0.1) is 5.56 Å². The van der Waals surface area contributed by atoms with Crippen LogP contribution < -0.4 is 10.9 Å². The van der Waals surface area contributed by atoms with Crippen molar-refractivity contribution in [1.82, 2.24) is 14.5 Å². The Labute approximate surface area is 188 Å². The lowest BCUT2D eigenvalue weighted by atomic mass is 9.67. The van der Waals surface area contributed by atoms with Crippen LogP contribution in [0.3, 0.4) is 0 Å². The fourth-order valence-corrected chi connectivity index (χ4v) is 5.63. The molecule has 0 spiro atoms. The van der Waals surface area contributed by atoms with Crippen LogP contribution in [0.4, 0.5) is 14.7 Å². The van der Waals surface area contributed by atoms with E-state index in [1.807, 2.05) is 18.7 Å². The molecule has 2 heterocycles. The minimum absolute atomic E-state index is 0.177. The lowest BCUT2D eigenvalue weighted by molar-refractivity contribution is 0.0917. The van der Waals surface area contributed by atoms with E-state index in [2.05, 4.69) is 21.5 Å². The molecule has 4 radical (unpaired) electrons.